The number of carboxylic acids is 1. The van der Waals surface area contributed by atoms with Crippen LogP contribution in [-0.2, 0) is 9.59 Å². The molecule has 8 unspecified atom stereocenters. The highest BCUT2D eigenvalue weighted by molar-refractivity contribution is 5.86. The Hall–Kier alpha value is -1.16. The van der Waals surface area contributed by atoms with E-state index in [1.807, 2.05) is 0 Å². The number of Topliss-reactive ketones (excluding diaryl/α,β-unsaturated/α-hetero) is 1. The lowest BCUT2D eigenvalue weighted by atomic mass is 9.33. The number of ketones is 1. The van der Waals surface area contributed by atoms with Gasteiger partial charge in [0.15, 0.2) is 0 Å². The molecule has 0 amide bonds. The van der Waals surface area contributed by atoms with Gasteiger partial charge >= 0.3 is 5.97 Å². The highest BCUT2D eigenvalue weighted by Gasteiger charge is 2.70. The number of carboxylic acid groups (broad SMARTS) is 1. The molecule has 4 saturated carbocycles. The number of carbonyl (C=O) groups excluding carboxylic acids is 1. The number of aliphatic carboxylic acids is 1. The Labute approximate surface area is 206 Å². The van der Waals surface area contributed by atoms with Gasteiger partial charge in [-0.15, -0.1) is 0 Å². The van der Waals surface area contributed by atoms with Gasteiger partial charge in [0.25, 0.3) is 0 Å². The Balaban J connectivity index is 1.63. The molecule has 4 fully saturated rings. The number of carbonyl (C=O) groups is 2. The Morgan fingerprint density at radius 3 is 2.24 bits per heavy atom. The molecule has 0 saturated heterocycles. The molecule has 0 aliphatic heterocycles. The fraction of sp³-hybridized carbons (Fsp3) is 0.867. The summed E-state index contributed by atoms with van der Waals surface area (Å²) in [4.78, 5) is 25.7. The van der Waals surface area contributed by atoms with Crippen molar-refractivity contribution in [3.63, 3.8) is 0 Å². The van der Waals surface area contributed by atoms with Crippen molar-refractivity contribution >= 4 is 11.8 Å². The summed E-state index contributed by atoms with van der Waals surface area (Å²) in [6.07, 6.45) is 9.37. The third-order valence-corrected chi connectivity index (χ3v) is 12.9. The molecule has 4 nitrogen and oxygen atoms in total. The van der Waals surface area contributed by atoms with Gasteiger partial charge in [-0.2, -0.15) is 0 Å². The Morgan fingerprint density at radius 1 is 0.941 bits per heavy atom. The summed E-state index contributed by atoms with van der Waals surface area (Å²) in [5, 5.41) is 21.9. The maximum absolute atomic E-state index is 12.9. The van der Waals surface area contributed by atoms with Crippen molar-refractivity contribution in [2.24, 2.45) is 50.2 Å². The summed E-state index contributed by atoms with van der Waals surface area (Å²) in [7, 11) is 0. The van der Waals surface area contributed by atoms with Crippen LogP contribution in [0.2, 0.25) is 0 Å². The van der Waals surface area contributed by atoms with E-state index in [4.69, 9.17) is 0 Å². The van der Waals surface area contributed by atoms with E-state index >= 15 is 0 Å². The van der Waals surface area contributed by atoms with Crippen molar-refractivity contribution in [2.45, 2.75) is 112 Å². The van der Waals surface area contributed by atoms with Gasteiger partial charge in [-0.3, -0.25) is 9.59 Å². The molecule has 0 aromatic rings. The lowest BCUT2D eigenvalue weighted by molar-refractivity contribution is -0.217. The minimum atomic E-state index is -0.621. The molecule has 0 heterocycles. The molecule has 0 bridgehead atoms. The van der Waals surface area contributed by atoms with Crippen molar-refractivity contribution in [1.82, 2.24) is 0 Å². The van der Waals surface area contributed by atoms with Gasteiger partial charge < -0.3 is 10.2 Å². The molecular weight excluding hydrogens is 424 g/mol. The van der Waals surface area contributed by atoms with E-state index in [-0.39, 0.29) is 45.7 Å². The molecule has 2 N–H and O–H groups in total. The van der Waals surface area contributed by atoms with Crippen molar-refractivity contribution in [2.75, 3.05) is 0 Å². The molecular formula is C30H46O4. The number of hydrogen-bond acceptors (Lipinski definition) is 3. The zero-order valence-electron chi connectivity index (χ0n) is 22.5. The van der Waals surface area contributed by atoms with Crippen LogP contribution < -0.4 is 0 Å². The smallest absolute Gasteiger partial charge is 0.310 e. The molecule has 34 heavy (non-hydrogen) atoms. The van der Waals surface area contributed by atoms with E-state index in [1.165, 1.54) is 5.57 Å². The van der Waals surface area contributed by atoms with Crippen LogP contribution in [0.15, 0.2) is 11.6 Å². The molecule has 5 aliphatic rings. The van der Waals surface area contributed by atoms with E-state index in [2.05, 4.69) is 54.5 Å². The summed E-state index contributed by atoms with van der Waals surface area (Å²) in [5.41, 5.74) is 0.174. The molecule has 0 aromatic carbocycles. The number of allylic oxidation sites excluding steroid dienone is 2. The van der Waals surface area contributed by atoms with E-state index in [1.54, 1.807) is 0 Å². The van der Waals surface area contributed by atoms with E-state index in [9.17, 15) is 19.8 Å². The van der Waals surface area contributed by atoms with Crippen LogP contribution in [0.1, 0.15) is 106 Å². The second-order valence-electron chi connectivity index (χ2n) is 14.9. The van der Waals surface area contributed by atoms with Crippen LogP contribution in [0.4, 0.5) is 0 Å². The zero-order valence-corrected chi connectivity index (χ0v) is 22.5. The highest BCUT2D eigenvalue weighted by Crippen LogP contribution is 2.75. The fourth-order valence-corrected chi connectivity index (χ4v) is 10.4. The summed E-state index contributed by atoms with van der Waals surface area (Å²) in [5.74, 6) is 0.191. The predicted octanol–water partition coefficient (Wildman–Crippen LogP) is 6.41. The van der Waals surface area contributed by atoms with Crippen molar-refractivity contribution in [3.8, 4) is 0 Å². The number of aliphatic hydroxyl groups is 1. The van der Waals surface area contributed by atoms with Gasteiger partial charge in [-0.25, -0.2) is 0 Å². The summed E-state index contributed by atoms with van der Waals surface area (Å²) >= 11 is 0. The average molecular weight is 471 g/mol. The first-order valence-corrected chi connectivity index (χ1v) is 13.7. The van der Waals surface area contributed by atoms with Gasteiger partial charge in [-0.05, 0) is 85.4 Å². The number of rotatable bonds is 1. The van der Waals surface area contributed by atoms with Gasteiger partial charge in [-0.1, -0.05) is 60.1 Å². The largest absolute Gasteiger partial charge is 0.481 e. The standard InChI is InChI=1S/C30H46O4/c1-25(2)12-14-30(24(33)34)15-13-27(5)18(19(30)17-25)8-9-21-28(27,6)11-10-20-26(3,4)22(31)16-23(32)29(20,21)7/h8,19-21,23,32H,9-17H2,1-7H3,(H,33,34). The van der Waals surface area contributed by atoms with Gasteiger partial charge in [0, 0.05) is 17.3 Å². The average Bonchev–Trinajstić information content (AvgIpc) is 2.72. The zero-order chi connectivity index (χ0) is 25.1. The molecule has 0 aromatic heterocycles. The molecule has 8 atom stereocenters. The molecule has 5 rings (SSSR count). The summed E-state index contributed by atoms with van der Waals surface area (Å²) < 4.78 is 0. The van der Waals surface area contributed by atoms with Crippen LogP contribution in [-0.4, -0.2) is 28.1 Å². The van der Waals surface area contributed by atoms with Crippen LogP contribution in [0, 0.1) is 50.2 Å². The molecule has 4 heteroatoms. The second-order valence-corrected chi connectivity index (χ2v) is 14.9. The normalized spacial score (nSPS) is 51.3. The first-order valence-electron chi connectivity index (χ1n) is 13.7. The molecule has 5 aliphatic carbocycles. The van der Waals surface area contributed by atoms with Crippen LogP contribution in [0.25, 0.3) is 0 Å². The predicted molar refractivity (Wildman–Crippen MR) is 133 cm³/mol. The topological polar surface area (TPSA) is 74.6 Å². The van der Waals surface area contributed by atoms with Crippen molar-refractivity contribution in [1.29, 1.82) is 0 Å². The first kappa shape index (κ1) is 24.5. The Kier molecular flexibility index (Phi) is 5.04. The van der Waals surface area contributed by atoms with Gasteiger partial charge in [0.05, 0.1) is 11.5 Å². The monoisotopic (exact) mass is 470 g/mol. The van der Waals surface area contributed by atoms with Crippen LogP contribution >= 0.6 is 0 Å². The molecule has 190 valence electrons. The fourth-order valence-electron chi connectivity index (χ4n) is 10.4. The van der Waals surface area contributed by atoms with Gasteiger partial charge in [0.1, 0.15) is 5.78 Å². The highest BCUT2D eigenvalue weighted by atomic mass is 16.4. The van der Waals surface area contributed by atoms with Crippen molar-refractivity contribution < 1.29 is 19.8 Å². The minimum Gasteiger partial charge on any atom is -0.481 e. The number of hydrogen-bond donors (Lipinski definition) is 2. The van der Waals surface area contributed by atoms with Crippen molar-refractivity contribution in [3.05, 3.63) is 11.6 Å². The third-order valence-electron chi connectivity index (χ3n) is 12.9. The molecule has 0 radical (unpaired) electrons. The maximum Gasteiger partial charge on any atom is 0.310 e. The third kappa shape index (κ3) is 2.75. The van der Waals surface area contributed by atoms with Crippen LogP contribution in [0.3, 0.4) is 0 Å². The van der Waals surface area contributed by atoms with E-state index < -0.39 is 22.9 Å². The summed E-state index contributed by atoms with van der Waals surface area (Å²) in [6, 6.07) is 0. The Morgan fingerprint density at radius 2 is 1.59 bits per heavy atom. The second kappa shape index (κ2) is 6.99. The van der Waals surface area contributed by atoms with E-state index in [0.29, 0.717) is 5.92 Å². The quantitative estimate of drug-likeness (QED) is 0.434. The lowest BCUT2D eigenvalue weighted by Crippen LogP contribution is -2.67. The van der Waals surface area contributed by atoms with E-state index in [0.717, 1.165) is 51.4 Å². The maximum atomic E-state index is 12.9. The van der Waals surface area contributed by atoms with Crippen LogP contribution in [0.5, 0.6) is 0 Å². The first-order chi connectivity index (χ1) is 15.6. The molecule has 0 spiro atoms. The lowest BCUT2D eigenvalue weighted by Gasteiger charge is -2.71. The minimum absolute atomic E-state index is 0.00790. The SMILES string of the molecule is CC1(C)CCC2(C(=O)O)CCC3(C)C(=CCC4C5(C)C(O)CC(=O)C(C)(C)C5CCC43C)C2C1. The van der Waals surface area contributed by atoms with Gasteiger partial charge in [0.2, 0.25) is 0 Å². The summed E-state index contributed by atoms with van der Waals surface area (Å²) in [6.45, 7) is 16.0. The Bertz CT molecular complexity index is 961. The number of aliphatic hydroxyl groups excluding tert-OH is 1. The number of fused-ring (bicyclic) bond motifs is 7.